The van der Waals surface area contributed by atoms with Gasteiger partial charge < -0.3 is 15.2 Å². The van der Waals surface area contributed by atoms with E-state index in [9.17, 15) is 9.90 Å². The van der Waals surface area contributed by atoms with Crippen molar-refractivity contribution in [2.75, 3.05) is 13.7 Å². The van der Waals surface area contributed by atoms with Gasteiger partial charge in [0.25, 0.3) is 0 Å². The largest absolute Gasteiger partial charge is 0.496 e. The molecule has 5 heteroatoms. The summed E-state index contributed by atoms with van der Waals surface area (Å²) in [7, 11) is 1.51. The second-order valence-corrected chi connectivity index (χ2v) is 6.63. The number of halogens is 1. The van der Waals surface area contributed by atoms with E-state index in [2.05, 4.69) is 44.3 Å². The number of ether oxygens (including phenoxy) is 1. The van der Waals surface area contributed by atoms with Crippen molar-refractivity contribution >= 4 is 18.4 Å². The number of aromatic carboxylic acids is 1. The minimum absolute atomic E-state index is 0. The number of carboxylic acids is 1. The van der Waals surface area contributed by atoms with E-state index >= 15 is 0 Å². The van der Waals surface area contributed by atoms with Crippen LogP contribution in [-0.4, -0.2) is 24.7 Å². The average Bonchev–Trinajstić information content (AvgIpc) is 2.53. The third-order valence-corrected chi connectivity index (χ3v) is 4.99. The SMILES string of the molecule is COc1cc2c(cc1C(=O)O)CCNC2(C)c1ccc(C)cc1C.Cl. The van der Waals surface area contributed by atoms with Crippen LogP contribution in [0.1, 0.15) is 45.1 Å². The smallest absolute Gasteiger partial charge is 0.339 e. The molecule has 0 saturated heterocycles. The lowest BCUT2D eigenvalue weighted by molar-refractivity contribution is 0.0693. The number of carbonyl (C=O) groups is 1. The minimum Gasteiger partial charge on any atom is -0.496 e. The fourth-order valence-electron chi connectivity index (χ4n) is 3.79. The van der Waals surface area contributed by atoms with Crippen molar-refractivity contribution in [2.45, 2.75) is 32.7 Å². The fraction of sp³-hybridized carbons (Fsp3) is 0.350. The first-order chi connectivity index (χ1) is 11.4. The van der Waals surface area contributed by atoms with E-state index < -0.39 is 5.97 Å². The standard InChI is InChI=1S/C20H23NO3.ClH/c1-12-5-6-16(13(2)9-12)20(3)17-11-18(24-4)15(19(22)23)10-14(17)7-8-21-20;/h5-6,9-11,21H,7-8H2,1-4H3,(H,22,23);1H. The van der Waals surface area contributed by atoms with Gasteiger partial charge in [-0.15, -0.1) is 12.4 Å². The molecule has 4 nitrogen and oxygen atoms in total. The van der Waals surface area contributed by atoms with Gasteiger partial charge in [-0.1, -0.05) is 23.8 Å². The zero-order chi connectivity index (χ0) is 17.5. The topological polar surface area (TPSA) is 58.6 Å². The monoisotopic (exact) mass is 361 g/mol. The second-order valence-electron chi connectivity index (χ2n) is 6.63. The molecule has 1 heterocycles. The first-order valence-electron chi connectivity index (χ1n) is 8.14. The summed E-state index contributed by atoms with van der Waals surface area (Å²) >= 11 is 0. The molecular formula is C20H24ClNO3. The van der Waals surface area contributed by atoms with E-state index in [1.54, 1.807) is 6.07 Å². The summed E-state index contributed by atoms with van der Waals surface area (Å²) in [6.45, 7) is 7.17. The summed E-state index contributed by atoms with van der Waals surface area (Å²) in [6, 6.07) is 10.1. The molecule has 0 amide bonds. The maximum absolute atomic E-state index is 11.5. The number of nitrogens with one attached hydrogen (secondary N) is 1. The van der Waals surface area contributed by atoms with Gasteiger partial charge in [-0.3, -0.25) is 0 Å². The van der Waals surface area contributed by atoms with Gasteiger partial charge in [0.1, 0.15) is 11.3 Å². The molecule has 0 saturated carbocycles. The molecule has 0 aliphatic carbocycles. The van der Waals surface area contributed by atoms with Crippen molar-refractivity contribution in [3.63, 3.8) is 0 Å². The van der Waals surface area contributed by atoms with Crippen LogP contribution in [0.5, 0.6) is 5.75 Å². The van der Waals surface area contributed by atoms with E-state index in [0.29, 0.717) is 5.75 Å². The molecule has 2 N–H and O–H groups in total. The molecule has 0 spiro atoms. The van der Waals surface area contributed by atoms with E-state index in [0.717, 1.165) is 24.1 Å². The number of methoxy groups -OCH3 is 1. The Hall–Kier alpha value is -2.04. The number of fused-ring (bicyclic) bond motifs is 1. The van der Waals surface area contributed by atoms with Crippen LogP contribution < -0.4 is 10.1 Å². The first-order valence-corrected chi connectivity index (χ1v) is 8.14. The van der Waals surface area contributed by atoms with Crippen molar-refractivity contribution in [1.82, 2.24) is 5.32 Å². The molecule has 0 fully saturated rings. The summed E-state index contributed by atoms with van der Waals surface area (Å²) in [5.41, 5.74) is 5.67. The number of hydrogen-bond donors (Lipinski definition) is 2. The Kier molecular flexibility index (Phi) is 5.45. The number of aryl methyl sites for hydroxylation is 2. The predicted octanol–water partition coefficient (Wildman–Crippen LogP) is 3.84. The molecule has 0 aromatic heterocycles. The molecule has 3 rings (SSSR count). The zero-order valence-corrected chi connectivity index (χ0v) is 15.8. The van der Waals surface area contributed by atoms with Crippen molar-refractivity contribution in [3.8, 4) is 5.75 Å². The van der Waals surface area contributed by atoms with Gasteiger partial charge >= 0.3 is 5.97 Å². The van der Waals surface area contributed by atoms with Crippen LogP contribution in [0.3, 0.4) is 0 Å². The van der Waals surface area contributed by atoms with Crippen LogP contribution in [0.25, 0.3) is 0 Å². The lowest BCUT2D eigenvalue weighted by Crippen LogP contribution is -2.46. The van der Waals surface area contributed by atoms with Crippen LogP contribution in [0, 0.1) is 13.8 Å². The van der Waals surface area contributed by atoms with Crippen LogP contribution in [0.4, 0.5) is 0 Å². The van der Waals surface area contributed by atoms with E-state index in [1.807, 2.05) is 6.07 Å². The highest BCUT2D eigenvalue weighted by molar-refractivity contribution is 5.91. The summed E-state index contributed by atoms with van der Waals surface area (Å²) in [5.74, 6) is -0.553. The summed E-state index contributed by atoms with van der Waals surface area (Å²) in [4.78, 5) is 11.5. The Balaban J connectivity index is 0.00000225. The Morgan fingerprint density at radius 2 is 1.92 bits per heavy atom. The molecule has 1 aliphatic rings. The van der Waals surface area contributed by atoms with Crippen molar-refractivity contribution in [2.24, 2.45) is 0 Å². The van der Waals surface area contributed by atoms with E-state index in [1.165, 1.54) is 23.8 Å². The van der Waals surface area contributed by atoms with Crippen LogP contribution in [0.2, 0.25) is 0 Å². The Labute approximate surface area is 154 Å². The molecular weight excluding hydrogens is 338 g/mol. The third-order valence-electron chi connectivity index (χ3n) is 4.99. The highest BCUT2D eigenvalue weighted by Crippen LogP contribution is 2.39. The lowest BCUT2D eigenvalue weighted by Gasteiger charge is -2.39. The normalized spacial score (nSPS) is 18.9. The molecule has 1 atom stereocenters. The third kappa shape index (κ3) is 3.24. The van der Waals surface area contributed by atoms with Gasteiger partial charge in [0, 0.05) is 6.54 Å². The predicted molar refractivity (Wildman–Crippen MR) is 101 cm³/mol. The Morgan fingerprint density at radius 3 is 2.52 bits per heavy atom. The molecule has 1 aliphatic heterocycles. The summed E-state index contributed by atoms with van der Waals surface area (Å²) < 4.78 is 5.34. The fourth-order valence-corrected chi connectivity index (χ4v) is 3.79. The van der Waals surface area contributed by atoms with Crippen molar-refractivity contribution in [1.29, 1.82) is 0 Å². The number of carboxylic acid groups (broad SMARTS) is 1. The first kappa shape index (κ1) is 19.3. The number of hydrogen-bond acceptors (Lipinski definition) is 3. The van der Waals surface area contributed by atoms with Gasteiger partial charge in [0.15, 0.2) is 0 Å². The molecule has 0 bridgehead atoms. The van der Waals surface area contributed by atoms with Crippen LogP contribution in [-0.2, 0) is 12.0 Å². The molecule has 134 valence electrons. The lowest BCUT2D eigenvalue weighted by atomic mass is 9.76. The van der Waals surface area contributed by atoms with Crippen molar-refractivity contribution in [3.05, 3.63) is 63.7 Å². The number of rotatable bonds is 3. The Morgan fingerprint density at radius 1 is 1.20 bits per heavy atom. The highest BCUT2D eigenvalue weighted by atomic mass is 35.5. The quantitative estimate of drug-likeness (QED) is 0.872. The minimum atomic E-state index is -0.957. The average molecular weight is 362 g/mol. The molecule has 25 heavy (non-hydrogen) atoms. The molecule has 2 aromatic carbocycles. The molecule has 2 aromatic rings. The molecule has 0 radical (unpaired) electrons. The summed E-state index contributed by atoms with van der Waals surface area (Å²) in [5, 5.41) is 13.0. The van der Waals surface area contributed by atoms with Crippen molar-refractivity contribution < 1.29 is 14.6 Å². The maximum Gasteiger partial charge on any atom is 0.339 e. The highest BCUT2D eigenvalue weighted by Gasteiger charge is 2.36. The van der Waals surface area contributed by atoms with E-state index in [4.69, 9.17) is 4.74 Å². The maximum atomic E-state index is 11.5. The van der Waals surface area contributed by atoms with Crippen LogP contribution in [0.15, 0.2) is 30.3 Å². The van der Waals surface area contributed by atoms with Gasteiger partial charge in [0.2, 0.25) is 0 Å². The van der Waals surface area contributed by atoms with Gasteiger partial charge in [0.05, 0.1) is 12.6 Å². The zero-order valence-electron chi connectivity index (χ0n) is 15.0. The molecule has 1 unspecified atom stereocenters. The second kappa shape index (κ2) is 7.06. The van der Waals surface area contributed by atoms with Gasteiger partial charge in [-0.05, 0) is 61.6 Å². The van der Waals surface area contributed by atoms with E-state index in [-0.39, 0.29) is 23.5 Å². The van der Waals surface area contributed by atoms with Gasteiger partial charge in [-0.2, -0.15) is 0 Å². The number of benzene rings is 2. The van der Waals surface area contributed by atoms with Gasteiger partial charge in [-0.25, -0.2) is 4.79 Å². The van der Waals surface area contributed by atoms with Crippen LogP contribution >= 0.6 is 12.4 Å². The Bertz CT molecular complexity index is 819. The summed E-state index contributed by atoms with van der Waals surface area (Å²) in [6.07, 6.45) is 0.806.